The summed E-state index contributed by atoms with van der Waals surface area (Å²) in [6, 6.07) is 0. The summed E-state index contributed by atoms with van der Waals surface area (Å²) in [5.41, 5.74) is 0. The first kappa shape index (κ1) is 12.9. The fourth-order valence-electron chi connectivity index (χ4n) is 1.02. The van der Waals surface area contributed by atoms with Gasteiger partial charge in [-0.3, -0.25) is 4.79 Å². The lowest BCUT2D eigenvalue weighted by atomic mass is 10.5. The van der Waals surface area contributed by atoms with Crippen LogP contribution in [-0.2, 0) is 20.8 Å². The number of esters is 1. The summed E-state index contributed by atoms with van der Waals surface area (Å²) in [7, 11) is 2.96. The highest BCUT2D eigenvalue weighted by Gasteiger charge is 2.14. The van der Waals surface area contributed by atoms with Gasteiger partial charge in [-0.05, 0) is 10.4 Å². The molecule has 1 unspecified atom stereocenters. The summed E-state index contributed by atoms with van der Waals surface area (Å²) in [6.07, 6.45) is 0. The predicted molar refractivity (Wildman–Crippen MR) is 57.0 cm³/mol. The SMILES string of the molecule is COCC(C)Sc1nnnn1CC(=O)OC. The number of methoxy groups -OCH3 is 2. The van der Waals surface area contributed by atoms with Crippen LogP contribution < -0.4 is 0 Å². The Balaban J connectivity index is 2.59. The zero-order valence-electron chi connectivity index (χ0n) is 9.41. The molecular weight excluding hydrogens is 232 g/mol. The maximum atomic E-state index is 11.1. The highest BCUT2D eigenvalue weighted by molar-refractivity contribution is 7.99. The molecule has 1 aromatic heterocycles. The molecule has 0 aliphatic rings. The number of tetrazole rings is 1. The molecule has 7 nitrogen and oxygen atoms in total. The van der Waals surface area contributed by atoms with Crippen molar-refractivity contribution in [3.63, 3.8) is 0 Å². The summed E-state index contributed by atoms with van der Waals surface area (Å²) >= 11 is 1.45. The highest BCUT2D eigenvalue weighted by Crippen LogP contribution is 2.19. The van der Waals surface area contributed by atoms with Crippen LogP contribution in [0.15, 0.2) is 5.16 Å². The number of nitrogens with zero attached hydrogens (tertiary/aromatic N) is 4. The summed E-state index contributed by atoms with van der Waals surface area (Å²) in [5.74, 6) is -0.381. The molecule has 0 fully saturated rings. The lowest BCUT2D eigenvalue weighted by Gasteiger charge is -2.08. The van der Waals surface area contributed by atoms with Crippen molar-refractivity contribution in [3.05, 3.63) is 0 Å². The minimum atomic E-state index is -0.381. The van der Waals surface area contributed by atoms with E-state index in [-0.39, 0.29) is 17.8 Å². The first-order chi connectivity index (χ1) is 7.67. The van der Waals surface area contributed by atoms with Gasteiger partial charge in [0.1, 0.15) is 6.54 Å². The van der Waals surface area contributed by atoms with E-state index in [1.807, 2.05) is 6.92 Å². The topological polar surface area (TPSA) is 79.1 Å². The third-order valence-corrected chi connectivity index (χ3v) is 2.76. The van der Waals surface area contributed by atoms with Crippen molar-refractivity contribution >= 4 is 17.7 Å². The molecule has 90 valence electrons. The van der Waals surface area contributed by atoms with Crippen molar-refractivity contribution in [2.45, 2.75) is 23.9 Å². The molecule has 0 bridgehead atoms. The zero-order chi connectivity index (χ0) is 12.0. The Labute approximate surface area is 97.5 Å². The van der Waals surface area contributed by atoms with E-state index < -0.39 is 0 Å². The van der Waals surface area contributed by atoms with Crippen LogP contribution in [-0.4, -0.2) is 52.3 Å². The summed E-state index contributed by atoms with van der Waals surface area (Å²) in [6.45, 7) is 2.60. The Morgan fingerprint density at radius 1 is 1.56 bits per heavy atom. The molecule has 1 atom stereocenters. The van der Waals surface area contributed by atoms with Gasteiger partial charge < -0.3 is 9.47 Å². The van der Waals surface area contributed by atoms with Gasteiger partial charge in [0.15, 0.2) is 0 Å². The fourth-order valence-corrected chi connectivity index (χ4v) is 1.89. The summed E-state index contributed by atoms with van der Waals surface area (Å²) < 4.78 is 11.0. The minimum Gasteiger partial charge on any atom is -0.468 e. The fraction of sp³-hybridized carbons (Fsp3) is 0.750. The molecule has 0 spiro atoms. The first-order valence-corrected chi connectivity index (χ1v) is 5.54. The first-order valence-electron chi connectivity index (χ1n) is 4.66. The number of hydrogen-bond acceptors (Lipinski definition) is 7. The monoisotopic (exact) mass is 246 g/mol. The second-order valence-electron chi connectivity index (χ2n) is 3.08. The van der Waals surface area contributed by atoms with E-state index >= 15 is 0 Å². The van der Waals surface area contributed by atoms with Crippen LogP contribution in [0.2, 0.25) is 0 Å². The van der Waals surface area contributed by atoms with Crippen LogP contribution in [0.5, 0.6) is 0 Å². The summed E-state index contributed by atoms with van der Waals surface area (Å²) in [5, 5.41) is 11.8. The zero-order valence-corrected chi connectivity index (χ0v) is 10.2. The Kier molecular flexibility index (Phi) is 5.20. The molecule has 0 aliphatic heterocycles. The van der Waals surface area contributed by atoms with Gasteiger partial charge in [-0.25, -0.2) is 4.68 Å². The number of thioether (sulfide) groups is 1. The van der Waals surface area contributed by atoms with Gasteiger partial charge in [0, 0.05) is 12.4 Å². The van der Waals surface area contributed by atoms with Gasteiger partial charge in [0.25, 0.3) is 0 Å². The predicted octanol–water partition coefficient (Wildman–Crippen LogP) is -0.0269. The van der Waals surface area contributed by atoms with Crippen LogP contribution in [0.4, 0.5) is 0 Å². The molecule has 0 aromatic carbocycles. The van der Waals surface area contributed by atoms with Crippen molar-refractivity contribution in [1.82, 2.24) is 20.2 Å². The molecule has 0 saturated carbocycles. The number of hydrogen-bond donors (Lipinski definition) is 0. The Hall–Kier alpha value is -1.15. The average Bonchev–Trinajstić information content (AvgIpc) is 2.66. The van der Waals surface area contributed by atoms with E-state index in [9.17, 15) is 4.79 Å². The second-order valence-corrected chi connectivity index (χ2v) is 4.48. The van der Waals surface area contributed by atoms with Gasteiger partial charge in [-0.15, -0.1) is 5.10 Å². The Bertz CT molecular complexity index is 344. The van der Waals surface area contributed by atoms with Crippen molar-refractivity contribution in [3.8, 4) is 0 Å². The lowest BCUT2D eigenvalue weighted by Crippen LogP contribution is -2.15. The molecule has 0 radical (unpaired) electrons. The number of carbonyl (C=O) groups is 1. The van der Waals surface area contributed by atoms with E-state index in [0.29, 0.717) is 11.8 Å². The van der Waals surface area contributed by atoms with Crippen molar-refractivity contribution in [1.29, 1.82) is 0 Å². The Morgan fingerprint density at radius 3 is 2.94 bits per heavy atom. The minimum absolute atomic E-state index is 0.0194. The molecule has 8 heteroatoms. The molecule has 0 amide bonds. The average molecular weight is 246 g/mol. The molecule has 16 heavy (non-hydrogen) atoms. The van der Waals surface area contributed by atoms with Crippen LogP contribution in [0, 0.1) is 0 Å². The van der Waals surface area contributed by atoms with Gasteiger partial charge >= 0.3 is 5.97 Å². The molecule has 1 heterocycles. The number of rotatable bonds is 6. The van der Waals surface area contributed by atoms with Gasteiger partial charge in [0.05, 0.1) is 13.7 Å². The van der Waals surface area contributed by atoms with Crippen molar-refractivity contribution in [2.75, 3.05) is 20.8 Å². The van der Waals surface area contributed by atoms with Crippen molar-refractivity contribution in [2.24, 2.45) is 0 Å². The molecule has 0 aliphatic carbocycles. The van der Waals surface area contributed by atoms with Gasteiger partial charge in [-0.1, -0.05) is 18.7 Å². The quantitative estimate of drug-likeness (QED) is 0.515. The molecule has 1 aromatic rings. The maximum absolute atomic E-state index is 11.1. The van der Waals surface area contributed by atoms with E-state index in [2.05, 4.69) is 20.3 Å². The molecule has 0 N–H and O–H groups in total. The number of carbonyl (C=O) groups excluding carboxylic acids is 1. The Morgan fingerprint density at radius 2 is 2.31 bits per heavy atom. The molecule has 1 rings (SSSR count). The molecular formula is C8H14N4O3S. The second kappa shape index (κ2) is 6.44. The van der Waals surface area contributed by atoms with Gasteiger partial charge in [-0.2, -0.15) is 0 Å². The standard InChI is InChI=1S/C8H14N4O3S/c1-6(5-14-2)16-8-9-10-11-12(8)4-7(13)15-3/h6H,4-5H2,1-3H3. The normalized spacial score (nSPS) is 12.4. The van der Waals surface area contributed by atoms with Crippen molar-refractivity contribution < 1.29 is 14.3 Å². The lowest BCUT2D eigenvalue weighted by molar-refractivity contribution is -0.141. The smallest absolute Gasteiger partial charge is 0.327 e. The van der Waals surface area contributed by atoms with Gasteiger partial charge in [0.2, 0.25) is 5.16 Å². The van der Waals surface area contributed by atoms with E-state index in [4.69, 9.17) is 4.74 Å². The number of ether oxygens (including phenoxy) is 2. The van der Waals surface area contributed by atoms with Crippen LogP contribution in [0.25, 0.3) is 0 Å². The third-order valence-electron chi connectivity index (χ3n) is 1.71. The number of aromatic nitrogens is 4. The third kappa shape index (κ3) is 3.78. The molecule has 0 saturated heterocycles. The van der Waals surface area contributed by atoms with E-state index in [1.165, 1.54) is 23.6 Å². The van der Waals surface area contributed by atoms with Crippen LogP contribution in [0.1, 0.15) is 6.92 Å². The summed E-state index contributed by atoms with van der Waals surface area (Å²) in [4.78, 5) is 11.1. The largest absolute Gasteiger partial charge is 0.468 e. The highest BCUT2D eigenvalue weighted by atomic mass is 32.2. The van der Waals surface area contributed by atoms with E-state index in [1.54, 1.807) is 7.11 Å². The van der Waals surface area contributed by atoms with Crippen LogP contribution in [0.3, 0.4) is 0 Å². The van der Waals surface area contributed by atoms with Crippen LogP contribution >= 0.6 is 11.8 Å². The van der Waals surface area contributed by atoms with E-state index in [0.717, 1.165) is 0 Å². The maximum Gasteiger partial charge on any atom is 0.327 e.